The molecule has 3 rings (SSSR count). The van der Waals surface area contributed by atoms with Crippen LogP contribution in [0.5, 0.6) is 0 Å². The van der Waals surface area contributed by atoms with Gasteiger partial charge in [0.1, 0.15) is 0 Å². The van der Waals surface area contributed by atoms with Gasteiger partial charge in [0.05, 0.1) is 16.3 Å². The van der Waals surface area contributed by atoms with Crippen LogP contribution in [0.2, 0.25) is 5.02 Å². The number of hydrogen-bond acceptors (Lipinski definition) is 5. The number of nitrogens with two attached hydrogens (primary N) is 1. The van der Waals surface area contributed by atoms with Crippen molar-refractivity contribution in [3.63, 3.8) is 0 Å². The minimum atomic E-state index is -3.79. The molecule has 3 aromatic rings. The highest BCUT2D eigenvalue weighted by atomic mass is 35.5. The maximum absolute atomic E-state index is 12.4. The Labute approximate surface area is 154 Å². The summed E-state index contributed by atoms with van der Waals surface area (Å²) in [5, 5.41) is 16.1. The molecule has 0 atom stereocenters. The number of amides is 1. The van der Waals surface area contributed by atoms with Crippen LogP contribution in [-0.2, 0) is 10.0 Å². The smallest absolute Gasteiger partial charge is 0.278 e. The van der Waals surface area contributed by atoms with E-state index in [1.165, 1.54) is 28.9 Å². The third-order valence-corrected chi connectivity index (χ3v) is 4.77. The zero-order valence-corrected chi connectivity index (χ0v) is 15.1. The van der Waals surface area contributed by atoms with E-state index in [1.54, 1.807) is 31.2 Å². The predicted molar refractivity (Wildman–Crippen MR) is 96.9 cm³/mol. The Kier molecular flexibility index (Phi) is 4.77. The summed E-state index contributed by atoms with van der Waals surface area (Å²) >= 11 is 5.98. The van der Waals surface area contributed by atoms with Crippen LogP contribution >= 0.6 is 11.6 Å². The Morgan fingerprint density at radius 2 is 1.88 bits per heavy atom. The lowest BCUT2D eigenvalue weighted by atomic mass is 10.2. The number of primary sulfonamides is 1. The summed E-state index contributed by atoms with van der Waals surface area (Å²) in [5.41, 5.74) is 1.75. The van der Waals surface area contributed by atoms with Gasteiger partial charge >= 0.3 is 0 Å². The fourth-order valence-electron chi connectivity index (χ4n) is 2.31. The molecule has 0 aliphatic carbocycles. The van der Waals surface area contributed by atoms with E-state index in [0.717, 1.165) is 0 Å². The Morgan fingerprint density at radius 3 is 2.50 bits per heavy atom. The van der Waals surface area contributed by atoms with Crippen LogP contribution in [0.4, 0.5) is 5.69 Å². The number of sulfonamides is 1. The second-order valence-electron chi connectivity index (χ2n) is 5.44. The van der Waals surface area contributed by atoms with E-state index in [0.29, 0.717) is 22.1 Å². The molecule has 26 heavy (non-hydrogen) atoms. The first kappa shape index (κ1) is 18.1. The van der Waals surface area contributed by atoms with Crippen molar-refractivity contribution in [1.82, 2.24) is 15.0 Å². The number of carbonyl (C=O) groups excluding carboxylic acids is 1. The first-order chi connectivity index (χ1) is 12.3. The molecule has 2 aromatic carbocycles. The molecule has 0 radical (unpaired) electrons. The van der Waals surface area contributed by atoms with E-state index >= 15 is 0 Å². The van der Waals surface area contributed by atoms with E-state index in [2.05, 4.69) is 15.6 Å². The summed E-state index contributed by atoms with van der Waals surface area (Å²) < 4.78 is 24.0. The van der Waals surface area contributed by atoms with Crippen LogP contribution in [0.1, 0.15) is 16.2 Å². The quantitative estimate of drug-likeness (QED) is 0.705. The van der Waals surface area contributed by atoms with Crippen molar-refractivity contribution in [2.75, 3.05) is 5.32 Å². The van der Waals surface area contributed by atoms with E-state index in [9.17, 15) is 13.2 Å². The zero-order valence-electron chi connectivity index (χ0n) is 13.5. The Balaban J connectivity index is 1.83. The van der Waals surface area contributed by atoms with E-state index < -0.39 is 15.9 Å². The molecule has 1 aromatic heterocycles. The van der Waals surface area contributed by atoms with E-state index in [1.807, 2.05) is 0 Å². The number of halogens is 1. The minimum Gasteiger partial charge on any atom is -0.321 e. The molecular formula is C16H14ClN5O3S. The summed E-state index contributed by atoms with van der Waals surface area (Å²) in [6.07, 6.45) is 0. The van der Waals surface area contributed by atoms with Crippen LogP contribution < -0.4 is 10.5 Å². The van der Waals surface area contributed by atoms with Crippen molar-refractivity contribution < 1.29 is 13.2 Å². The molecule has 0 bridgehead atoms. The molecule has 3 N–H and O–H groups in total. The first-order valence-corrected chi connectivity index (χ1v) is 9.30. The number of carbonyl (C=O) groups is 1. The van der Waals surface area contributed by atoms with Gasteiger partial charge in [0.25, 0.3) is 5.91 Å². The van der Waals surface area contributed by atoms with Crippen molar-refractivity contribution in [1.29, 1.82) is 0 Å². The van der Waals surface area contributed by atoms with Crippen molar-refractivity contribution >= 4 is 33.2 Å². The standard InChI is InChI=1S/C16H14ClN5O3S/c1-10-15(20-21-22(10)13-4-2-3-11(17)9-13)16(23)19-12-5-7-14(8-6-12)26(18,24)25/h2-9H,1H3,(H,19,23)(H2,18,24,25). The summed E-state index contributed by atoms with van der Waals surface area (Å²) in [7, 11) is -3.79. The second kappa shape index (κ2) is 6.87. The highest BCUT2D eigenvalue weighted by molar-refractivity contribution is 7.89. The van der Waals surface area contributed by atoms with E-state index in [4.69, 9.17) is 16.7 Å². The fourth-order valence-corrected chi connectivity index (χ4v) is 3.01. The molecule has 0 aliphatic rings. The molecule has 1 amide bonds. The number of anilines is 1. The third-order valence-electron chi connectivity index (χ3n) is 3.60. The predicted octanol–water partition coefficient (Wildman–Crippen LogP) is 2.13. The molecule has 8 nitrogen and oxygen atoms in total. The number of nitrogens with one attached hydrogen (secondary N) is 1. The van der Waals surface area contributed by atoms with Gasteiger partial charge < -0.3 is 5.32 Å². The molecular weight excluding hydrogens is 378 g/mol. The molecule has 0 unspecified atom stereocenters. The molecule has 0 saturated carbocycles. The lowest BCUT2D eigenvalue weighted by Gasteiger charge is -2.06. The Hall–Kier alpha value is -2.75. The Morgan fingerprint density at radius 1 is 1.19 bits per heavy atom. The number of rotatable bonds is 4. The van der Waals surface area contributed by atoms with Crippen LogP contribution in [0.25, 0.3) is 5.69 Å². The monoisotopic (exact) mass is 391 g/mol. The normalized spacial score (nSPS) is 11.3. The summed E-state index contributed by atoms with van der Waals surface area (Å²) in [6, 6.07) is 12.5. The SMILES string of the molecule is Cc1c(C(=O)Nc2ccc(S(N)(=O)=O)cc2)nnn1-c1cccc(Cl)c1. The molecule has 134 valence electrons. The van der Waals surface area contributed by atoms with Crippen LogP contribution in [0.3, 0.4) is 0 Å². The van der Waals surface area contributed by atoms with Gasteiger partial charge in [0, 0.05) is 10.7 Å². The highest BCUT2D eigenvalue weighted by Crippen LogP contribution is 2.18. The molecule has 0 aliphatic heterocycles. The highest BCUT2D eigenvalue weighted by Gasteiger charge is 2.18. The molecule has 1 heterocycles. The molecule has 0 saturated heterocycles. The van der Waals surface area contributed by atoms with Crippen molar-refractivity contribution in [3.05, 3.63) is 64.9 Å². The maximum atomic E-state index is 12.4. The van der Waals surface area contributed by atoms with Crippen LogP contribution in [0.15, 0.2) is 53.4 Å². The van der Waals surface area contributed by atoms with Gasteiger partial charge in [-0.1, -0.05) is 22.9 Å². The van der Waals surface area contributed by atoms with Crippen molar-refractivity contribution in [3.8, 4) is 5.69 Å². The summed E-state index contributed by atoms with van der Waals surface area (Å²) in [4.78, 5) is 12.4. The van der Waals surface area contributed by atoms with Gasteiger partial charge in [-0.25, -0.2) is 18.2 Å². The van der Waals surface area contributed by atoms with Gasteiger partial charge in [0.15, 0.2) is 5.69 Å². The first-order valence-electron chi connectivity index (χ1n) is 7.38. The maximum Gasteiger partial charge on any atom is 0.278 e. The lowest BCUT2D eigenvalue weighted by Crippen LogP contribution is -2.15. The molecule has 0 fully saturated rings. The van der Waals surface area contributed by atoms with Crippen molar-refractivity contribution in [2.24, 2.45) is 5.14 Å². The second-order valence-corrected chi connectivity index (χ2v) is 7.44. The minimum absolute atomic E-state index is 0.0430. The van der Waals surface area contributed by atoms with Gasteiger partial charge in [-0.05, 0) is 49.4 Å². The van der Waals surface area contributed by atoms with Gasteiger partial charge in [-0.2, -0.15) is 0 Å². The van der Waals surface area contributed by atoms with Gasteiger partial charge in [-0.15, -0.1) is 5.10 Å². The summed E-state index contributed by atoms with van der Waals surface area (Å²) in [5.74, 6) is -0.473. The fraction of sp³-hybridized carbons (Fsp3) is 0.0625. The average molecular weight is 392 g/mol. The zero-order chi connectivity index (χ0) is 18.9. The van der Waals surface area contributed by atoms with Crippen molar-refractivity contribution in [2.45, 2.75) is 11.8 Å². The number of aromatic nitrogens is 3. The third kappa shape index (κ3) is 3.74. The number of hydrogen-bond donors (Lipinski definition) is 2. The van der Waals surface area contributed by atoms with Gasteiger partial charge in [0.2, 0.25) is 10.0 Å². The lowest BCUT2D eigenvalue weighted by molar-refractivity contribution is 0.102. The number of benzene rings is 2. The van der Waals surface area contributed by atoms with Crippen LogP contribution in [0, 0.1) is 6.92 Å². The van der Waals surface area contributed by atoms with E-state index in [-0.39, 0.29) is 10.6 Å². The molecule has 0 spiro atoms. The van der Waals surface area contributed by atoms with Gasteiger partial charge in [-0.3, -0.25) is 4.79 Å². The number of nitrogens with zero attached hydrogens (tertiary/aromatic N) is 3. The topological polar surface area (TPSA) is 120 Å². The Bertz CT molecular complexity index is 1080. The molecule has 10 heteroatoms. The average Bonchev–Trinajstić information content (AvgIpc) is 2.96. The largest absolute Gasteiger partial charge is 0.321 e. The summed E-state index contributed by atoms with van der Waals surface area (Å²) in [6.45, 7) is 1.71. The van der Waals surface area contributed by atoms with Crippen LogP contribution in [-0.4, -0.2) is 29.3 Å².